The molecule has 0 aliphatic heterocycles. The molecule has 1 rings (SSSR count). The van der Waals surface area contributed by atoms with Crippen molar-refractivity contribution in [1.29, 1.82) is 0 Å². The first-order valence-electron chi connectivity index (χ1n) is 4.92. The minimum Gasteiger partial charge on any atom is -0.170 e. The summed E-state index contributed by atoms with van der Waals surface area (Å²) < 4.78 is 38.5. The zero-order valence-corrected chi connectivity index (χ0v) is 10.8. The van der Waals surface area contributed by atoms with Gasteiger partial charge in [-0.1, -0.05) is 35.4 Å². The maximum absolute atomic E-state index is 12.8. The summed E-state index contributed by atoms with van der Waals surface area (Å²) in [7, 11) is 0. The Morgan fingerprint density at radius 3 is 2.00 bits per heavy atom. The molecule has 0 saturated carbocycles. The second-order valence-electron chi connectivity index (χ2n) is 3.65. The highest BCUT2D eigenvalue weighted by molar-refractivity contribution is 6.36. The van der Waals surface area contributed by atoms with E-state index < -0.39 is 12.1 Å². The van der Waals surface area contributed by atoms with Crippen molar-refractivity contribution < 1.29 is 13.2 Å². The minimum absolute atomic E-state index is 0.0520. The van der Waals surface area contributed by atoms with Gasteiger partial charge in [-0.25, -0.2) is 0 Å². The number of hydrogen-bond acceptors (Lipinski definition) is 0. The van der Waals surface area contributed by atoms with Crippen LogP contribution in [0.3, 0.4) is 0 Å². The van der Waals surface area contributed by atoms with E-state index in [0.29, 0.717) is 5.56 Å². The molecule has 0 aliphatic carbocycles. The number of benzene rings is 1. The van der Waals surface area contributed by atoms with Crippen LogP contribution in [-0.2, 0) is 0 Å². The second kappa shape index (κ2) is 5.32. The summed E-state index contributed by atoms with van der Waals surface area (Å²) in [6.45, 7) is 3.20. The highest BCUT2D eigenvalue weighted by Crippen LogP contribution is 2.39. The van der Waals surface area contributed by atoms with E-state index in [-0.39, 0.29) is 15.6 Å². The fourth-order valence-electron chi connectivity index (χ4n) is 1.45. The van der Waals surface area contributed by atoms with Crippen LogP contribution >= 0.6 is 23.2 Å². The average molecular weight is 283 g/mol. The summed E-state index contributed by atoms with van der Waals surface area (Å²) in [5.41, 5.74) is 0.634. The lowest BCUT2D eigenvalue weighted by molar-refractivity contribution is -0.139. The summed E-state index contributed by atoms with van der Waals surface area (Å²) in [5, 5.41) is 0.484. The molecule has 0 saturated heterocycles. The van der Waals surface area contributed by atoms with Crippen LogP contribution in [0.15, 0.2) is 24.3 Å². The van der Waals surface area contributed by atoms with E-state index in [9.17, 15) is 13.2 Å². The van der Waals surface area contributed by atoms with Crippen LogP contribution in [0.25, 0.3) is 0 Å². The second-order valence-corrected chi connectivity index (χ2v) is 4.47. The van der Waals surface area contributed by atoms with E-state index in [2.05, 4.69) is 0 Å². The van der Waals surface area contributed by atoms with Gasteiger partial charge in [0.1, 0.15) is 0 Å². The summed E-state index contributed by atoms with van der Waals surface area (Å²) in [6.07, 6.45) is -1.91. The Kier molecular flexibility index (Phi) is 4.50. The molecule has 0 spiro atoms. The topological polar surface area (TPSA) is 0 Å². The lowest BCUT2D eigenvalue weighted by Gasteiger charge is -2.18. The predicted octanol–water partition coefficient (Wildman–Crippen LogP) is 5.52. The number of alkyl halides is 3. The molecule has 0 heterocycles. The van der Waals surface area contributed by atoms with Crippen LogP contribution in [0.5, 0.6) is 0 Å². The van der Waals surface area contributed by atoms with Gasteiger partial charge >= 0.3 is 6.18 Å². The third-order valence-corrected chi connectivity index (χ3v) is 3.19. The van der Waals surface area contributed by atoms with E-state index in [1.54, 1.807) is 6.92 Å². The standard InChI is InChI=1S/C12H11Cl2F3/c1-3-4-9(12(15,16)17)8-5-10(13)7(2)11(14)6-8/h3-6,9H,1-2H3/b4-3+. The maximum atomic E-state index is 12.8. The van der Waals surface area contributed by atoms with E-state index in [0.717, 1.165) is 6.08 Å². The number of allylic oxidation sites excluding steroid dienone is 2. The van der Waals surface area contributed by atoms with Crippen LogP contribution in [-0.4, -0.2) is 6.18 Å². The summed E-state index contributed by atoms with van der Waals surface area (Å²) in [5.74, 6) is -1.68. The van der Waals surface area contributed by atoms with Crippen molar-refractivity contribution >= 4 is 23.2 Å². The number of hydrogen-bond donors (Lipinski definition) is 0. The molecule has 1 aromatic rings. The van der Waals surface area contributed by atoms with Gasteiger partial charge < -0.3 is 0 Å². The Hall–Kier alpha value is -0.670. The molecule has 0 aliphatic rings. The molecule has 0 aromatic heterocycles. The SMILES string of the molecule is C/C=C/C(c1cc(Cl)c(C)c(Cl)c1)C(F)(F)F. The molecular formula is C12H11Cl2F3. The van der Waals surface area contributed by atoms with Crippen molar-refractivity contribution in [2.75, 3.05) is 0 Å². The molecule has 0 fully saturated rings. The zero-order valence-electron chi connectivity index (χ0n) is 9.28. The van der Waals surface area contributed by atoms with Crippen LogP contribution in [0.4, 0.5) is 13.2 Å². The molecule has 0 nitrogen and oxygen atoms in total. The summed E-state index contributed by atoms with van der Waals surface area (Å²) >= 11 is 11.7. The van der Waals surface area contributed by atoms with Crippen LogP contribution < -0.4 is 0 Å². The monoisotopic (exact) mass is 282 g/mol. The van der Waals surface area contributed by atoms with Crippen molar-refractivity contribution in [3.63, 3.8) is 0 Å². The van der Waals surface area contributed by atoms with E-state index in [4.69, 9.17) is 23.2 Å². The normalized spacial score (nSPS) is 14.3. The quantitative estimate of drug-likeness (QED) is 0.626. The lowest BCUT2D eigenvalue weighted by atomic mass is 9.97. The molecular weight excluding hydrogens is 272 g/mol. The van der Waals surface area contributed by atoms with Gasteiger partial charge in [0.25, 0.3) is 0 Å². The molecule has 0 amide bonds. The smallest absolute Gasteiger partial charge is 0.170 e. The van der Waals surface area contributed by atoms with Crippen molar-refractivity contribution in [1.82, 2.24) is 0 Å². The lowest BCUT2D eigenvalue weighted by Crippen LogP contribution is -2.19. The molecule has 1 atom stereocenters. The number of halogens is 5. The molecule has 1 aromatic carbocycles. The molecule has 94 valence electrons. The minimum atomic E-state index is -4.35. The van der Waals surface area contributed by atoms with Crippen molar-refractivity contribution in [3.8, 4) is 0 Å². The van der Waals surface area contributed by atoms with Gasteiger partial charge in [-0.2, -0.15) is 13.2 Å². The highest BCUT2D eigenvalue weighted by atomic mass is 35.5. The number of rotatable bonds is 2. The Balaban J connectivity index is 3.30. The van der Waals surface area contributed by atoms with Gasteiger partial charge in [0.15, 0.2) is 0 Å². The van der Waals surface area contributed by atoms with Gasteiger partial charge in [-0.3, -0.25) is 0 Å². The van der Waals surface area contributed by atoms with Crippen molar-refractivity contribution in [3.05, 3.63) is 45.5 Å². The maximum Gasteiger partial charge on any atom is 0.399 e. The van der Waals surface area contributed by atoms with Gasteiger partial charge in [-0.15, -0.1) is 0 Å². The molecule has 5 heteroatoms. The van der Waals surface area contributed by atoms with E-state index in [1.807, 2.05) is 0 Å². The van der Waals surface area contributed by atoms with Gasteiger partial charge in [0.05, 0.1) is 5.92 Å². The first-order chi connectivity index (χ1) is 7.77. The third kappa shape index (κ3) is 3.39. The summed E-state index contributed by atoms with van der Waals surface area (Å²) in [4.78, 5) is 0. The zero-order chi connectivity index (χ0) is 13.2. The average Bonchev–Trinajstić information content (AvgIpc) is 2.20. The predicted molar refractivity (Wildman–Crippen MR) is 64.8 cm³/mol. The van der Waals surface area contributed by atoms with E-state index in [1.165, 1.54) is 25.1 Å². The van der Waals surface area contributed by atoms with E-state index >= 15 is 0 Å². The van der Waals surface area contributed by atoms with Gasteiger partial charge in [-0.05, 0) is 37.1 Å². The molecule has 0 N–H and O–H groups in total. The van der Waals surface area contributed by atoms with Gasteiger partial charge in [0, 0.05) is 10.0 Å². The summed E-state index contributed by atoms with van der Waals surface area (Å²) in [6, 6.07) is 2.61. The Morgan fingerprint density at radius 1 is 1.18 bits per heavy atom. The Labute approximate surface area is 108 Å². The Bertz CT molecular complexity index is 413. The first-order valence-corrected chi connectivity index (χ1v) is 5.68. The molecule has 0 radical (unpaired) electrons. The fourth-order valence-corrected chi connectivity index (χ4v) is 1.95. The molecule has 1 unspecified atom stereocenters. The van der Waals surface area contributed by atoms with Crippen LogP contribution in [0.1, 0.15) is 24.0 Å². The van der Waals surface area contributed by atoms with Crippen LogP contribution in [0.2, 0.25) is 10.0 Å². The first kappa shape index (κ1) is 14.4. The van der Waals surface area contributed by atoms with Crippen molar-refractivity contribution in [2.24, 2.45) is 0 Å². The van der Waals surface area contributed by atoms with Crippen molar-refractivity contribution in [2.45, 2.75) is 25.9 Å². The largest absolute Gasteiger partial charge is 0.399 e. The third-order valence-electron chi connectivity index (χ3n) is 2.40. The van der Waals surface area contributed by atoms with Gasteiger partial charge in [0.2, 0.25) is 0 Å². The molecule has 17 heavy (non-hydrogen) atoms. The molecule has 0 bridgehead atoms. The fraction of sp³-hybridized carbons (Fsp3) is 0.333. The van der Waals surface area contributed by atoms with Crippen LogP contribution in [0, 0.1) is 6.92 Å². The highest BCUT2D eigenvalue weighted by Gasteiger charge is 2.39. The Morgan fingerprint density at radius 2 is 1.65 bits per heavy atom.